The van der Waals surface area contributed by atoms with Gasteiger partial charge in [0.25, 0.3) is 5.91 Å². The number of halogens is 1. The number of fused-ring (bicyclic) bond motifs is 1. The third-order valence-corrected chi connectivity index (χ3v) is 5.04. The molecule has 0 spiro atoms. The van der Waals surface area contributed by atoms with Crippen LogP contribution >= 0.6 is 11.6 Å². The molecule has 2 aromatic rings. The van der Waals surface area contributed by atoms with Crippen molar-refractivity contribution in [3.05, 3.63) is 58.9 Å². The Kier molecular flexibility index (Phi) is 4.55. The summed E-state index contributed by atoms with van der Waals surface area (Å²) < 4.78 is 0. The van der Waals surface area contributed by atoms with Gasteiger partial charge in [0.1, 0.15) is 0 Å². The van der Waals surface area contributed by atoms with Crippen molar-refractivity contribution in [2.75, 3.05) is 24.7 Å². The average Bonchev–Trinajstić information content (AvgIpc) is 2.89. The van der Waals surface area contributed by atoms with Crippen LogP contribution in [0.5, 0.6) is 0 Å². The summed E-state index contributed by atoms with van der Waals surface area (Å²) >= 11 is 6.21. The van der Waals surface area contributed by atoms with Gasteiger partial charge in [0.15, 0.2) is 0 Å². The van der Waals surface area contributed by atoms with Gasteiger partial charge in [-0.25, -0.2) is 0 Å². The summed E-state index contributed by atoms with van der Waals surface area (Å²) in [4.78, 5) is 21.5. The highest BCUT2D eigenvalue weighted by atomic mass is 35.5. The molecular weight excluding hydrogens is 334 g/mol. The van der Waals surface area contributed by atoms with Crippen molar-refractivity contribution in [1.29, 1.82) is 0 Å². The second-order valence-electron chi connectivity index (χ2n) is 6.56. The Labute approximate surface area is 152 Å². The number of rotatable bonds is 3. The fraction of sp³-hybridized carbons (Fsp3) is 0.300. The highest BCUT2D eigenvalue weighted by Gasteiger charge is 2.33. The van der Waals surface area contributed by atoms with Crippen LogP contribution in [0.4, 0.5) is 5.69 Å². The number of anilines is 1. The molecule has 2 aliphatic rings. The van der Waals surface area contributed by atoms with E-state index >= 15 is 0 Å². The smallest absolute Gasteiger partial charge is 0.260 e. The number of nitrogens with zero attached hydrogens (tertiary/aromatic N) is 3. The first kappa shape index (κ1) is 16.3. The summed E-state index contributed by atoms with van der Waals surface area (Å²) in [6.07, 6.45) is 9.08. The number of likely N-dealkylation sites (tertiary alicyclic amines) is 1. The molecule has 1 aromatic carbocycles. The van der Waals surface area contributed by atoms with Crippen molar-refractivity contribution < 1.29 is 4.79 Å². The molecule has 1 aromatic heterocycles. The van der Waals surface area contributed by atoms with Crippen LogP contribution in [-0.2, 0) is 4.79 Å². The first-order valence-corrected chi connectivity index (χ1v) is 9.06. The average molecular weight is 354 g/mol. The summed E-state index contributed by atoms with van der Waals surface area (Å²) in [6.45, 7) is 2.71. The molecule has 4 rings (SSSR count). The number of hydrogen-bond acceptors (Lipinski definition) is 3. The van der Waals surface area contributed by atoms with E-state index in [-0.39, 0.29) is 5.91 Å². The summed E-state index contributed by atoms with van der Waals surface area (Å²) in [5.41, 5.74) is 3.47. The molecule has 0 saturated carbocycles. The van der Waals surface area contributed by atoms with Crippen LogP contribution in [0.25, 0.3) is 11.6 Å². The largest absolute Gasteiger partial charge is 0.294 e. The van der Waals surface area contributed by atoms with Gasteiger partial charge < -0.3 is 0 Å². The summed E-state index contributed by atoms with van der Waals surface area (Å²) in [6, 6.07) is 9.50. The van der Waals surface area contributed by atoms with E-state index < -0.39 is 0 Å². The fourth-order valence-corrected chi connectivity index (χ4v) is 3.70. The Morgan fingerprint density at radius 1 is 1.16 bits per heavy atom. The zero-order valence-electron chi connectivity index (χ0n) is 14.0. The maximum atomic E-state index is 13.1. The zero-order valence-corrected chi connectivity index (χ0v) is 14.7. The molecule has 0 N–H and O–H groups in total. The molecule has 5 heteroatoms. The summed E-state index contributed by atoms with van der Waals surface area (Å²) in [5, 5.41) is 0.651. The molecule has 0 bridgehead atoms. The lowest BCUT2D eigenvalue weighted by atomic mass is 10.1. The van der Waals surface area contributed by atoms with Gasteiger partial charge in [0.2, 0.25) is 0 Å². The number of benzene rings is 1. The van der Waals surface area contributed by atoms with Crippen LogP contribution in [-0.4, -0.2) is 35.5 Å². The second-order valence-corrected chi connectivity index (χ2v) is 7.00. The van der Waals surface area contributed by atoms with Gasteiger partial charge in [-0.3, -0.25) is 19.6 Å². The van der Waals surface area contributed by atoms with Crippen molar-refractivity contribution in [2.45, 2.75) is 19.3 Å². The number of carbonyl (C=O) groups is 1. The second kappa shape index (κ2) is 6.98. The fourth-order valence-electron chi connectivity index (χ4n) is 3.53. The van der Waals surface area contributed by atoms with Gasteiger partial charge in [-0.1, -0.05) is 30.2 Å². The predicted octanol–water partition coefficient (Wildman–Crippen LogP) is 4.07. The van der Waals surface area contributed by atoms with Gasteiger partial charge in [-0.2, -0.15) is 0 Å². The number of amides is 1. The normalized spacial score (nSPS) is 19.5. The number of hydrogen-bond donors (Lipinski definition) is 0. The van der Waals surface area contributed by atoms with Crippen molar-refractivity contribution in [1.82, 2.24) is 9.88 Å². The van der Waals surface area contributed by atoms with E-state index in [0.29, 0.717) is 17.3 Å². The Bertz CT molecular complexity index is 813. The number of pyridine rings is 1. The SMILES string of the molecule is O=C1C(=Cc2cccnc2)c2ccc(Cl)cc2N1CN1CCCCC1. The quantitative estimate of drug-likeness (QED) is 0.780. The summed E-state index contributed by atoms with van der Waals surface area (Å²) in [7, 11) is 0. The highest BCUT2D eigenvalue weighted by Crippen LogP contribution is 2.39. The maximum Gasteiger partial charge on any atom is 0.260 e. The number of carbonyl (C=O) groups excluding carboxylic acids is 1. The zero-order chi connectivity index (χ0) is 17.2. The first-order valence-electron chi connectivity index (χ1n) is 8.68. The van der Waals surface area contributed by atoms with E-state index in [4.69, 9.17) is 11.6 Å². The minimum Gasteiger partial charge on any atom is -0.294 e. The Morgan fingerprint density at radius 2 is 2.00 bits per heavy atom. The molecule has 0 radical (unpaired) electrons. The molecule has 1 saturated heterocycles. The van der Waals surface area contributed by atoms with Gasteiger partial charge >= 0.3 is 0 Å². The van der Waals surface area contributed by atoms with Crippen LogP contribution in [0, 0.1) is 0 Å². The molecule has 128 valence electrons. The van der Waals surface area contributed by atoms with Gasteiger partial charge in [0, 0.05) is 28.6 Å². The Hall–Kier alpha value is -2.17. The van der Waals surface area contributed by atoms with Crippen LogP contribution in [0.15, 0.2) is 42.7 Å². The molecule has 0 atom stereocenters. The lowest BCUT2D eigenvalue weighted by Crippen LogP contribution is -2.42. The third-order valence-electron chi connectivity index (χ3n) is 4.80. The molecule has 3 heterocycles. The predicted molar refractivity (Wildman–Crippen MR) is 101 cm³/mol. The monoisotopic (exact) mass is 353 g/mol. The van der Waals surface area contributed by atoms with E-state index in [2.05, 4.69) is 9.88 Å². The standard InChI is InChI=1S/C20H20ClN3O/c21-16-6-7-17-18(11-15-5-4-8-22-13-15)20(25)24(19(17)12-16)14-23-9-2-1-3-10-23/h4-8,11-13H,1-3,9-10,14H2. The van der Waals surface area contributed by atoms with E-state index in [1.54, 1.807) is 12.4 Å². The molecule has 2 aliphatic heterocycles. The van der Waals surface area contributed by atoms with Crippen LogP contribution in [0.3, 0.4) is 0 Å². The molecule has 0 unspecified atom stereocenters. The third kappa shape index (κ3) is 3.32. The molecule has 0 aliphatic carbocycles. The highest BCUT2D eigenvalue weighted by molar-refractivity contribution is 6.37. The van der Waals surface area contributed by atoms with Gasteiger partial charge in [-0.15, -0.1) is 0 Å². The Balaban J connectivity index is 1.71. The molecule has 4 nitrogen and oxygen atoms in total. The molecule has 25 heavy (non-hydrogen) atoms. The lowest BCUT2D eigenvalue weighted by Gasteiger charge is -2.30. The molecular formula is C20H20ClN3O. The number of aromatic nitrogens is 1. The van der Waals surface area contributed by atoms with Crippen molar-refractivity contribution in [2.24, 2.45) is 0 Å². The molecule has 1 fully saturated rings. The van der Waals surface area contributed by atoms with E-state index in [0.717, 1.165) is 29.9 Å². The minimum atomic E-state index is 0.0340. The van der Waals surface area contributed by atoms with Gasteiger partial charge in [-0.05, 0) is 55.8 Å². The molecule has 1 amide bonds. The maximum absolute atomic E-state index is 13.1. The Morgan fingerprint density at radius 3 is 2.76 bits per heavy atom. The lowest BCUT2D eigenvalue weighted by molar-refractivity contribution is -0.113. The minimum absolute atomic E-state index is 0.0340. The van der Waals surface area contributed by atoms with E-state index in [1.807, 2.05) is 41.3 Å². The van der Waals surface area contributed by atoms with Crippen molar-refractivity contribution >= 4 is 34.8 Å². The van der Waals surface area contributed by atoms with Crippen LogP contribution in [0.1, 0.15) is 30.4 Å². The summed E-state index contributed by atoms with van der Waals surface area (Å²) in [5.74, 6) is 0.0340. The topological polar surface area (TPSA) is 36.4 Å². The van der Waals surface area contributed by atoms with E-state index in [9.17, 15) is 4.79 Å². The van der Waals surface area contributed by atoms with E-state index in [1.165, 1.54) is 19.3 Å². The number of piperidine rings is 1. The van der Waals surface area contributed by atoms with Crippen LogP contribution in [0.2, 0.25) is 5.02 Å². The first-order chi connectivity index (χ1) is 12.2. The van der Waals surface area contributed by atoms with Crippen LogP contribution < -0.4 is 4.90 Å². The van der Waals surface area contributed by atoms with Crippen molar-refractivity contribution in [3.63, 3.8) is 0 Å². The van der Waals surface area contributed by atoms with Gasteiger partial charge in [0.05, 0.1) is 12.4 Å². The van der Waals surface area contributed by atoms with Crippen molar-refractivity contribution in [3.8, 4) is 0 Å².